The topological polar surface area (TPSA) is 86.6 Å². The summed E-state index contributed by atoms with van der Waals surface area (Å²) in [5.41, 5.74) is 0. The molecule has 0 aliphatic heterocycles. The van der Waals surface area contributed by atoms with Crippen LogP contribution in [0.1, 0.15) is 6.92 Å². The van der Waals surface area contributed by atoms with Crippen molar-refractivity contribution < 1.29 is 19.8 Å². The van der Waals surface area contributed by atoms with Crippen LogP contribution in [0.5, 0.6) is 0 Å². The maximum absolute atomic E-state index is 10.4. The minimum absolute atomic E-state index is 0.0434. The molecular weight excluding hydrogens is 162 g/mol. The number of rotatable bonds is 4. The first-order chi connectivity index (χ1) is 5.54. The summed E-state index contributed by atoms with van der Waals surface area (Å²) in [6.45, 7) is 1.62. The van der Waals surface area contributed by atoms with Crippen LogP contribution in [-0.4, -0.2) is 34.7 Å². The molecule has 0 amide bonds. The van der Waals surface area contributed by atoms with E-state index < -0.39 is 17.9 Å². The van der Waals surface area contributed by atoms with Gasteiger partial charge in [-0.2, -0.15) is 0 Å². The third-order valence-corrected chi connectivity index (χ3v) is 2.15. The third kappa shape index (κ3) is 1.73. The molecule has 0 heterocycles. The Morgan fingerprint density at radius 3 is 2.33 bits per heavy atom. The van der Waals surface area contributed by atoms with Gasteiger partial charge in [-0.15, -0.1) is 0 Å². The van der Waals surface area contributed by atoms with Crippen LogP contribution in [0, 0.1) is 11.8 Å². The van der Waals surface area contributed by atoms with Crippen LogP contribution in [-0.2, 0) is 9.59 Å². The van der Waals surface area contributed by atoms with Crippen molar-refractivity contribution in [2.24, 2.45) is 11.8 Å². The van der Waals surface area contributed by atoms with Gasteiger partial charge in [0, 0.05) is 6.04 Å². The molecule has 0 unspecified atom stereocenters. The van der Waals surface area contributed by atoms with Gasteiger partial charge in [-0.3, -0.25) is 9.59 Å². The molecule has 3 atom stereocenters. The SMILES string of the molecule is C[C@H]1[C@H](NCC(=O)O)[C@H]1C(=O)O. The molecule has 68 valence electrons. The normalized spacial score (nSPS) is 32.9. The predicted molar refractivity (Wildman–Crippen MR) is 39.7 cm³/mol. The van der Waals surface area contributed by atoms with Gasteiger partial charge in [0.15, 0.2) is 0 Å². The average molecular weight is 173 g/mol. The van der Waals surface area contributed by atoms with Crippen LogP contribution in [0.25, 0.3) is 0 Å². The summed E-state index contributed by atoms with van der Waals surface area (Å²) in [5.74, 6) is -2.19. The maximum Gasteiger partial charge on any atom is 0.317 e. The lowest BCUT2D eigenvalue weighted by Gasteiger charge is -1.96. The van der Waals surface area contributed by atoms with Gasteiger partial charge in [-0.25, -0.2) is 0 Å². The van der Waals surface area contributed by atoms with Crippen molar-refractivity contribution >= 4 is 11.9 Å². The smallest absolute Gasteiger partial charge is 0.317 e. The van der Waals surface area contributed by atoms with Crippen molar-refractivity contribution in [2.75, 3.05) is 6.54 Å². The maximum atomic E-state index is 10.4. The fourth-order valence-corrected chi connectivity index (χ4v) is 1.36. The van der Waals surface area contributed by atoms with Crippen molar-refractivity contribution in [3.8, 4) is 0 Å². The highest BCUT2D eigenvalue weighted by atomic mass is 16.4. The molecule has 5 heteroatoms. The van der Waals surface area contributed by atoms with Gasteiger partial charge in [0.1, 0.15) is 0 Å². The molecule has 12 heavy (non-hydrogen) atoms. The Morgan fingerprint density at radius 2 is 2.00 bits per heavy atom. The molecule has 0 aromatic carbocycles. The van der Waals surface area contributed by atoms with Gasteiger partial charge in [0.25, 0.3) is 0 Å². The second-order valence-corrected chi connectivity index (χ2v) is 3.02. The quantitative estimate of drug-likeness (QED) is 0.527. The molecule has 3 N–H and O–H groups in total. The van der Waals surface area contributed by atoms with Crippen LogP contribution in [0.3, 0.4) is 0 Å². The molecule has 0 spiro atoms. The number of carbonyl (C=O) groups is 2. The van der Waals surface area contributed by atoms with E-state index in [-0.39, 0.29) is 18.5 Å². The molecule has 1 aliphatic carbocycles. The highest BCUT2D eigenvalue weighted by molar-refractivity contribution is 5.75. The zero-order valence-electron chi connectivity index (χ0n) is 6.65. The number of aliphatic carboxylic acids is 2. The van der Waals surface area contributed by atoms with Gasteiger partial charge >= 0.3 is 11.9 Å². The summed E-state index contributed by atoms with van der Waals surface area (Å²) in [7, 11) is 0. The third-order valence-electron chi connectivity index (χ3n) is 2.15. The molecule has 0 saturated heterocycles. The fourth-order valence-electron chi connectivity index (χ4n) is 1.36. The highest BCUT2D eigenvalue weighted by Crippen LogP contribution is 2.38. The standard InChI is InChI=1S/C7H11NO4/c1-3-5(7(11)12)6(3)8-2-4(9)10/h3,5-6,8H,2H2,1H3,(H,9,10)(H,11,12)/t3-,5+,6+/m1/s1. The summed E-state index contributed by atoms with van der Waals surface area (Å²) >= 11 is 0. The summed E-state index contributed by atoms with van der Waals surface area (Å²) in [4.78, 5) is 20.5. The van der Waals surface area contributed by atoms with E-state index in [0.29, 0.717) is 0 Å². The summed E-state index contributed by atoms with van der Waals surface area (Å²) < 4.78 is 0. The summed E-state index contributed by atoms with van der Waals surface area (Å²) in [6.07, 6.45) is 0. The molecule has 1 aliphatic rings. The Hall–Kier alpha value is -1.10. The molecule has 0 bridgehead atoms. The van der Waals surface area contributed by atoms with Crippen LogP contribution in [0.2, 0.25) is 0 Å². The Morgan fingerprint density at radius 1 is 1.42 bits per heavy atom. The van der Waals surface area contributed by atoms with Gasteiger partial charge in [0.2, 0.25) is 0 Å². The first-order valence-electron chi connectivity index (χ1n) is 3.72. The van der Waals surface area contributed by atoms with E-state index >= 15 is 0 Å². The van der Waals surface area contributed by atoms with E-state index in [0.717, 1.165) is 0 Å². The van der Waals surface area contributed by atoms with E-state index in [1.54, 1.807) is 6.92 Å². The zero-order valence-corrected chi connectivity index (χ0v) is 6.65. The van der Waals surface area contributed by atoms with E-state index in [4.69, 9.17) is 10.2 Å². The molecule has 5 nitrogen and oxygen atoms in total. The van der Waals surface area contributed by atoms with Crippen molar-refractivity contribution in [2.45, 2.75) is 13.0 Å². The lowest BCUT2D eigenvalue weighted by Crippen LogP contribution is -2.27. The van der Waals surface area contributed by atoms with Crippen LogP contribution in [0.15, 0.2) is 0 Å². The van der Waals surface area contributed by atoms with Crippen LogP contribution < -0.4 is 5.32 Å². The molecule has 0 aromatic rings. The van der Waals surface area contributed by atoms with Gasteiger partial charge in [-0.05, 0) is 5.92 Å². The van der Waals surface area contributed by atoms with E-state index in [2.05, 4.69) is 5.32 Å². The summed E-state index contributed by atoms with van der Waals surface area (Å²) in [6, 6.07) is -0.168. The second-order valence-electron chi connectivity index (χ2n) is 3.02. The monoisotopic (exact) mass is 173 g/mol. The number of hydrogen-bond donors (Lipinski definition) is 3. The van der Waals surface area contributed by atoms with Crippen LogP contribution >= 0.6 is 0 Å². The molecule has 1 rings (SSSR count). The van der Waals surface area contributed by atoms with E-state index in [1.165, 1.54) is 0 Å². The molecule has 1 saturated carbocycles. The predicted octanol–water partition coefficient (Wildman–Crippen LogP) is -0.620. The zero-order chi connectivity index (χ0) is 9.30. The fraction of sp³-hybridized carbons (Fsp3) is 0.714. The number of nitrogens with one attached hydrogen (secondary N) is 1. The largest absolute Gasteiger partial charge is 0.481 e. The van der Waals surface area contributed by atoms with Gasteiger partial charge in [-0.1, -0.05) is 6.92 Å². The van der Waals surface area contributed by atoms with Gasteiger partial charge in [0.05, 0.1) is 12.5 Å². The first kappa shape index (κ1) is 8.99. The number of carboxylic acid groups (broad SMARTS) is 2. The molecule has 0 aromatic heterocycles. The molecular formula is C7H11NO4. The minimum Gasteiger partial charge on any atom is -0.481 e. The molecule has 0 radical (unpaired) electrons. The Labute approximate surface area is 69.4 Å². The van der Waals surface area contributed by atoms with E-state index in [9.17, 15) is 9.59 Å². The Balaban J connectivity index is 2.29. The van der Waals surface area contributed by atoms with E-state index in [1.807, 2.05) is 0 Å². The second kappa shape index (κ2) is 3.10. The molecule has 1 fully saturated rings. The Bertz CT molecular complexity index is 215. The minimum atomic E-state index is -0.960. The lowest BCUT2D eigenvalue weighted by atomic mass is 10.3. The van der Waals surface area contributed by atoms with Crippen molar-refractivity contribution in [3.63, 3.8) is 0 Å². The highest BCUT2D eigenvalue weighted by Gasteiger charge is 2.51. The number of carboxylic acids is 2. The van der Waals surface area contributed by atoms with Crippen molar-refractivity contribution in [1.29, 1.82) is 0 Å². The average Bonchev–Trinajstić information content (AvgIpc) is 2.57. The lowest BCUT2D eigenvalue weighted by molar-refractivity contribution is -0.139. The van der Waals surface area contributed by atoms with Gasteiger partial charge < -0.3 is 15.5 Å². The van der Waals surface area contributed by atoms with Crippen molar-refractivity contribution in [3.05, 3.63) is 0 Å². The van der Waals surface area contributed by atoms with Crippen LogP contribution in [0.4, 0.5) is 0 Å². The Kier molecular flexibility index (Phi) is 2.32. The first-order valence-corrected chi connectivity index (χ1v) is 3.72. The number of hydrogen-bond acceptors (Lipinski definition) is 3. The van der Waals surface area contributed by atoms with Crippen molar-refractivity contribution in [1.82, 2.24) is 5.32 Å². The summed E-state index contributed by atoms with van der Waals surface area (Å²) in [5, 5.41) is 19.5.